The zero-order valence-corrected chi connectivity index (χ0v) is 11.9. The number of likely N-dealkylation sites (N-methyl/N-ethyl adjacent to an activating group) is 1. The number of carbonyl (C=O) groups is 2. The van der Waals surface area contributed by atoms with Crippen LogP contribution in [0.1, 0.15) is 28.9 Å². The standard InChI is InChI=1S/C14H20N4O2/c1-10-12(7-11(15)8-16-10)14(20)17(2)9-13(19)18-5-3-4-6-18/h7-8H,3-6,9,15H2,1-2H3. The van der Waals surface area contributed by atoms with Crippen molar-refractivity contribution in [2.24, 2.45) is 0 Å². The maximum Gasteiger partial charge on any atom is 0.255 e. The molecule has 2 amide bonds. The largest absolute Gasteiger partial charge is 0.397 e. The van der Waals surface area contributed by atoms with Crippen LogP contribution in [0.25, 0.3) is 0 Å². The zero-order chi connectivity index (χ0) is 14.7. The van der Waals surface area contributed by atoms with Crippen LogP contribution in [0, 0.1) is 6.92 Å². The molecule has 0 aliphatic carbocycles. The number of nitrogens with two attached hydrogens (primary N) is 1. The van der Waals surface area contributed by atoms with Crippen molar-refractivity contribution in [2.75, 3.05) is 32.4 Å². The smallest absolute Gasteiger partial charge is 0.255 e. The predicted molar refractivity (Wildman–Crippen MR) is 76.2 cm³/mol. The summed E-state index contributed by atoms with van der Waals surface area (Å²) in [6.07, 6.45) is 3.60. The van der Waals surface area contributed by atoms with Gasteiger partial charge in [0.25, 0.3) is 5.91 Å². The number of nitrogen functional groups attached to an aromatic ring is 1. The van der Waals surface area contributed by atoms with Crippen molar-refractivity contribution < 1.29 is 9.59 Å². The van der Waals surface area contributed by atoms with E-state index in [2.05, 4.69) is 4.98 Å². The van der Waals surface area contributed by atoms with Crippen LogP contribution in [-0.4, -0.2) is 53.3 Å². The maximum atomic E-state index is 12.3. The molecule has 0 unspecified atom stereocenters. The van der Waals surface area contributed by atoms with Gasteiger partial charge in [-0.15, -0.1) is 0 Å². The summed E-state index contributed by atoms with van der Waals surface area (Å²) in [4.78, 5) is 31.7. The molecule has 0 spiro atoms. The molecule has 1 aliphatic heterocycles. The molecule has 1 aromatic heterocycles. The number of hydrogen-bond donors (Lipinski definition) is 1. The van der Waals surface area contributed by atoms with E-state index in [0.29, 0.717) is 16.9 Å². The lowest BCUT2D eigenvalue weighted by Gasteiger charge is -2.21. The SMILES string of the molecule is Cc1ncc(N)cc1C(=O)N(C)CC(=O)N1CCCC1. The summed E-state index contributed by atoms with van der Waals surface area (Å²) in [5.74, 6) is -0.234. The van der Waals surface area contributed by atoms with Gasteiger partial charge in [0.2, 0.25) is 5.91 Å². The van der Waals surface area contributed by atoms with Gasteiger partial charge in [-0.05, 0) is 25.8 Å². The van der Waals surface area contributed by atoms with Gasteiger partial charge >= 0.3 is 0 Å². The van der Waals surface area contributed by atoms with Gasteiger partial charge in [0, 0.05) is 20.1 Å². The molecule has 1 fully saturated rings. The Morgan fingerprint density at radius 2 is 2.05 bits per heavy atom. The molecule has 1 aliphatic rings. The zero-order valence-electron chi connectivity index (χ0n) is 11.9. The number of carbonyl (C=O) groups excluding carboxylic acids is 2. The fraction of sp³-hybridized carbons (Fsp3) is 0.500. The Balaban J connectivity index is 2.04. The topological polar surface area (TPSA) is 79.5 Å². The van der Waals surface area contributed by atoms with Crippen molar-refractivity contribution in [1.82, 2.24) is 14.8 Å². The number of likely N-dealkylation sites (tertiary alicyclic amines) is 1. The van der Waals surface area contributed by atoms with Crippen molar-refractivity contribution >= 4 is 17.5 Å². The summed E-state index contributed by atoms with van der Waals surface area (Å²) in [5.41, 5.74) is 7.16. The summed E-state index contributed by atoms with van der Waals surface area (Å²) in [6.45, 7) is 3.43. The lowest BCUT2D eigenvalue weighted by Crippen LogP contribution is -2.40. The molecule has 6 nitrogen and oxygen atoms in total. The molecule has 2 rings (SSSR count). The number of aromatic nitrogens is 1. The van der Waals surface area contributed by atoms with E-state index < -0.39 is 0 Å². The number of aryl methyl sites for hydroxylation is 1. The number of pyridine rings is 1. The molecule has 0 atom stereocenters. The average molecular weight is 276 g/mol. The first-order valence-corrected chi connectivity index (χ1v) is 6.74. The maximum absolute atomic E-state index is 12.3. The number of hydrogen-bond acceptors (Lipinski definition) is 4. The molecular formula is C14H20N4O2. The molecule has 1 saturated heterocycles. The molecule has 0 bridgehead atoms. The van der Waals surface area contributed by atoms with Crippen LogP contribution in [0.2, 0.25) is 0 Å². The van der Waals surface area contributed by atoms with Crippen molar-refractivity contribution in [1.29, 1.82) is 0 Å². The first kappa shape index (κ1) is 14.3. The van der Waals surface area contributed by atoms with E-state index in [1.165, 1.54) is 11.1 Å². The van der Waals surface area contributed by atoms with Crippen molar-refractivity contribution in [3.63, 3.8) is 0 Å². The minimum atomic E-state index is -0.227. The van der Waals surface area contributed by atoms with Gasteiger partial charge in [0.15, 0.2) is 0 Å². The quantitative estimate of drug-likeness (QED) is 0.880. The van der Waals surface area contributed by atoms with Crippen molar-refractivity contribution in [2.45, 2.75) is 19.8 Å². The Labute approximate surface area is 118 Å². The molecule has 20 heavy (non-hydrogen) atoms. The third kappa shape index (κ3) is 3.07. The normalized spacial score (nSPS) is 14.4. The molecule has 0 radical (unpaired) electrons. The highest BCUT2D eigenvalue weighted by molar-refractivity contribution is 5.97. The summed E-state index contributed by atoms with van der Waals surface area (Å²) in [5, 5.41) is 0. The van der Waals surface area contributed by atoms with Gasteiger partial charge in [0.05, 0.1) is 29.7 Å². The molecule has 2 heterocycles. The minimum absolute atomic E-state index is 0.00661. The molecule has 0 saturated carbocycles. The highest BCUT2D eigenvalue weighted by Crippen LogP contribution is 2.13. The second-order valence-electron chi connectivity index (χ2n) is 5.15. The molecule has 1 aromatic rings. The fourth-order valence-electron chi connectivity index (χ4n) is 2.31. The van der Waals surface area contributed by atoms with E-state index in [4.69, 9.17) is 5.73 Å². The van der Waals surface area contributed by atoms with Crippen LogP contribution in [0.5, 0.6) is 0 Å². The Morgan fingerprint density at radius 1 is 1.40 bits per heavy atom. The second kappa shape index (κ2) is 5.90. The summed E-state index contributed by atoms with van der Waals surface area (Å²) in [6, 6.07) is 1.60. The number of amides is 2. The first-order chi connectivity index (χ1) is 9.49. The average Bonchev–Trinajstić information content (AvgIpc) is 2.94. The first-order valence-electron chi connectivity index (χ1n) is 6.74. The Hall–Kier alpha value is -2.11. The molecule has 108 valence electrons. The third-order valence-corrected chi connectivity index (χ3v) is 3.52. The molecule has 2 N–H and O–H groups in total. The lowest BCUT2D eigenvalue weighted by molar-refractivity contribution is -0.130. The van der Waals surface area contributed by atoms with E-state index in [0.717, 1.165) is 25.9 Å². The van der Waals surface area contributed by atoms with Crippen LogP contribution >= 0.6 is 0 Å². The molecule has 0 aromatic carbocycles. The van der Waals surface area contributed by atoms with Gasteiger partial charge in [-0.3, -0.25) is 14.6 Å². The summed E-state index contributed by atoms with van der Waals surface area (Å²) >= 11 is 0. The van der Waals surface area contributed by atoms with Crippen LogP contribution in [0.15, 0.2) is 12.3 Å². The van der Waals surface area contributed by atoms with E-state index in [1.54, 1.807) is 24.9 Å². The lowest BCUT2D eigenvalue weighted by atomic mass is 10.1. The van der Waals surface area contributed by atoms with Crippen LogP contribution in [0.3, 0.4) is 0 Å². The highest BCUT2D eigenvalue weighted by Gasteiger charge is 2.22. The van der Waals surface area contributed by atoms with Crippen molar-refractivity contribution in [3.8, 4) is 0 Å². The summed E-state index contributed by atoms with van der Waals surface area (Å²) < 4.78 is 0. The van der Waals surface area contributed by atoms with Gasteiger partial charge in [-0.1, -0.05) is 0 Å². The van der Waals surface area contributed by atoms with Gasteiger partial charge in [-0.25, -0.2) is 0 Å². The van der Waals surface area contributed by atoms with Gasteiger partial charge in [0.1, 0.15) is 0 Å². The molecule has 6 heteroatoms. The Kier molecular flexibility index (Phi) is 4.22. The van der Waals surface area contributed by atoms with E-state index in [-0.39, 0.29) is 18.4 Å². The van der Waals surface area contributed by atoms with Crippen molar-refractivity contribution in [3.05, 3.63) is 23.5 Å². The highest BCUT2D eigenvalue weighted by atomic mass is 16.2. The van der Waals surface area contributed by atoms with Crippen LogP contribution in [0.4, 0.5) is 5.69 Å². The summed E-state index contributed by atoms with van der Waals surface area (Å²) in [7, 11) is 1.62. The minimum Gasteiger partial charge on any atom is -0.397 e. The Morgan fingerprint density at radius 3 is 2.70 bits per heavy atom. The molecular weight excluding hydrogens is 256 g/mol. The van der Waals surface area contributed by atoms with E-state index >= 15 is 0 Å². The number of rotatable bonds is 3. The van der Waals surface area contributed by atoms with E-state index in [1.807, 2.05) is 0 Å². The fourth-order valence-corrected chi connectivity index (χ4v) is 2.31. The Bertz CT molecular complexity index is 524. The number of anilines is 1. The van der Waals surface area contributed by atoms with Crippen LogP contribution in [-0.2, 0) is 4.79 Å². The second-order valence-corrected chi connectivity index (χ2v) is 5.15. The third-order valence-electron chi connectivity index (χ3n) is 3.52. The van der Waals surface area contributed by atoms with Gasteiger partial charge in [-0.2, -0.15) is 0 Å². The predicted octanol–water partition coefficient (Wildman–Crippen LogP) is 0.667. The van der Waals surface area contributed by atoms with E-state index in [9.17, 15) is 9.59 Å². The van der Waals surface area contributed by atoms with Crippen LogP contribution < -0.4 is 5.73 Å². The monoisotopic (exact) mass is 276 g/mol. The number of nitrogens with zero attached hydrogens (tertiary/aromatic N) is 3. The van der Waals surface area contributed by atoms with Gasteiger partial charge < -0.3 is 15.5 Å².